The fourth-order valence-corrected chi connectivity index (χ4v) is 4.76. The summed E-state index contributed by atoms with van der Waals surface area (Å²) >= 11 is 0. The molecule has 1 N–H and O–H groups in total. The molecule has 0 aliphatic carbocycles. The van der Waals surface area contributed by atoms with E-state index in [9.17, 15) is 5.26 Å². The molecule has 1 aromatic heterocycles. The number of nitrogens with one attached hydrogen (secondary N) is 1. The summed E-state index contributed by atoms with van der Waals surface area (Å²) in [6.45, 7) is 7.95. The Morgan fingerprint density at radius 2 is 2.12 bits per heavy atom. The molecule has 2 aliphatic rings. The standard InChI is InChI=1S/C26H27N6O/c1-19-16-30(18-28-19)24-12-11-21(14-26(24)33-3)20(2)31-17-23-9-6-7-13-32(23,29-31)25-10-5-4-8-22(25)15-27/h4-5,8-12,14,16,18,29H,2,6-7,13,17H2,1,3H3/q+1. The van der Waals surface area contributed by atoms with Gasteiger partial charge in [0.05, 0.1) is 30.5 Å². The number of aromatic nitrogens is 2. The van der Waals surface area contributed by atoms with Crippen LogP contribution in [0.3, 0.4) is 0 Å². The van der Waals surface area contributed by atoms with Crippen LogP contribution in [-0.2, 0) is 0 Å². The van der Waals surface area contributed by atoms with Gasteiger partial charge in [-0.1, -0.05) is 30.3 Å². The van der Waals surface area contributed by atoms with Gasteiger partial charge in [0.15, 0.2) is 11.4 Å². The Bertz CT molecular complexity index is 1300. The van der Waals surface area contributed by atoms with Crippen LogP contribution in [0.4, 0.5) is 5.69 Å². The number of nitrogens with zero attached hydrogens (tertiary/aromatic N) is 5. The molecule has 0 saturated carbocycles. The normalized spacial score (nSPS) is 19.5. The number of para-hydroxylation sites is 1. The Morgan fingerprint density at radius 3 is 2.88 bits per heavy atom. The number of allylic oxidation sites excluding steroid dienone is 1. The number of benzene rings is 2. The molecule has 5 rings (SSSR count). The van der Waals surface area contributed by atoms with Crippen molar-refractivity contribution in [2.45, 2.75) is 19.8 Å². The molecular formula is C26H27N6O+. The smallest absolute Gasteiger partial charge is 0.176 e. The van der Waals surface area contributed by atoms with Gasteiger partial charge < -0.3 is 9.30 Å². The van der Waals surface area contributed by atoms with E-state index in [4.69, 9.17) is 4.74 Å². The minimum absolute atomic E-state index is 0.465. The van der Waals surface area contributed by atoms with Crippen molar-refractivity contribution in [2.75, 3.05) is 20.2 Å². The average Bonchev–Trinajstić information content (AvgIpc) is 3.47. The maximum absolute atomic E-state index is 9.74. The number of hydrazine groups is 1. The van der Waals surface area contributed by atoms with Gasteiger partial charge in [-0.15, -0.1) is 0 Å². The number of imidazole rings is 1. The molecule has 1 unspecified atom stereocenters. The first-order valence-corrected chi connectivity index (χ1v) is 11.1. The third-order valence-corrected chi connectivity index (χ3v) is 6.44. The third-order valence-electron chi connectivity index (χ3n) is 6.44. The van der Waals surface area contributed by atoms with Crippen LogP contribution in [-0.4, -0.2) is 34.8 Å². The highest BCUT2D eigenvalue weighted by Crippen LogP contribution is 2.39. The Hall–Kier alpha value is -3.86. The van der Waals surface area contributed by atoms with Gasteiger partial charge in [0.2, 0.25) is 0 Å². The van der Waals surface area contributed by atoms with Crippen molar-refractivity contribution in [2.24, 2.45) is 0 Å². The number of hydrogen-bond acceptors (Lipinski definition) is 5. The van der Waals surface area contributed by atoms with Gasteiger partial charge in [0, 0.05) is 24.2 Å². The SMILES string of the molecule is C=C(c1ccc(-n2cnc(C)c2)c(OC)c1)N1CC2=CCCC[N+]2(c2ccccc2C#N)N1. The zero-order valence-corrected chi connectivity index (χ0v) is 19.0. The molecule has 0 spiro atoms. The molecule has 166 valence electrons. The second kappa shape index (κ2) is 8.24. The molecule has 3 aromatic rings. The van der Waals surface area contributed by atoms with Crippen LogP contribution in [0.5, 0.6) is 5.75 Å². The second-order valence-corrected chi connectivity index (χ2v) is 8.44. The molecule has 1 fully saturated rings. The largest absolute Gasteiger partial charge is 0.495 e. The third kappa shape index (κ3) is 3.50. The summed E-state index contributed by atoms with van der Waals surface area (Å²) in [5.74, 6) is 0.751. The first-order valence-electron chi connectivity index (χ1n) is 11.1. The predicted molar refractivity (Wildman–Crippen MR) is 129 cm³/mol. The van der Waals surface area contributed by atoms with Crippen LogP contribution >= 0.6 is 0 Å². The van der Waals surface area contributed by atoms with Crippen molar-refractivity contribution in [3.63, 3.8) is 0 Å². The maximum atomic E-state index is 9.74. The first-order chi connectivity index (χ1) is 16.1. The molecule has 1 atom stereocenters. The molecule has 7 heteroatoms. The average molecular weight is 440 g/mol. The molecule has 33 heavy (non-hydrogen) atoms. The van der Waals surface area contributed by atoms with E-state index >= 15 is 0 Å². The van der Waals surface area contributed by atoms with Gasteiger partial charge in [0.25, 0.3) is 0 Å². The molecule has 0 bridgehead atoms. The Kier molecular flexibility index (Phi) is 5.25. The van der Waals surface area contributed by atoms with Gasteiger partial charge in [0.1, 0.15) is 30.5 Å². The first kappa shape index (κ1) is 21.0. The lowest BCUT2D eigenvalue weighted by Crippen LogP contribution is -2.58. The topological polar surface area (TPSA) is 66.1 Å². The monoisotopic (exact) mass is 439 g/mol. The minimum Gasteiger partial charge on any atom is -0.495 e. The Labute approximate surface area is 194 Å². The Morgan fingerprint density at radius 1 is 1.27 bits per heavy atom. The fraction of sp³-hybridized carbons (Fsp3) is 0.231. The van der Waals surface area contributed by atoms with Crippen molar-refractivity contribution in [3.8, 4) is 17.5 Å². The molecule has 3 heterocycles. The van der Waals surface area contributed by atoms with Crippen molar-refractivity contribution in [3.05, 3.63) is 90.2 Å². The Balaban J connectivity index is 1.49. The molecule has 0 amide bonds. The van der Waals surface area contributed by atoms with E-state index in [-0.39, 0.29) is 0 Å². The minimum atomic E-state index is 0.465. The number of methoxy groups -OCH3 is 1. The van der Waals surface area contributed by atoms with Gasteiger partial charge in [-0.25, -0.2) is 4.98 Å². The summed E-state index contributed by atoms with van der Waals surface area (Å²) in [4.78, 5) is 4.32. The molecule has 7 nitrogen and oxygen atoms in total. The van der Waals surface area contributed by atoms with E-state index < -0.39 is 0 Å². The summed E-state index contributed by atoms with van der Waals surface area (Å²) < 4.78 is 8.12. The lowest BCUT2D eigenvalue weighted by Gasteiger charge is -2.36. The summed E-state index contributed by atoms with van der Waals surface area (Å²) in [5.41, 5.74) is 10.3. The number of nitriles is 1. The number of fused-ring (bicyclic) bond motifs is 1. The highest BCUT2D eigenvalue weighted by molar-refractivity contribution is 5.68. The summed E-state index contributed by atoms with van der Waals surface area (Å²) in [7, 11) is 1.67. The highest BCUT2D eigenvalue weighted by atomic mass is 16.5. The second-order valence-electron chi connectivity index (χ2n) is 8.44. The number of ether oxygens (including phenoxy) is 1. The van der Waals surface area contributed by atoms with E-state index in [0.717, 1.165) is 53.5 Å². The molecule has 0 radical (unpaired) electrons. The quantitative estimate of drug-likeness (QED) is 0.595. The molecule has 1 saturated heterocycles. The predicted octanol–water partition coefficient (Wildman–Crippen LogP) is 4.45. The fourth-order valence-electron chi connectivity index (χ4n) is 4.76. The van der Waals surface area contributed by atoms with Crippen LogP contribution in [0.15, 0.2) is 73.3 Å². The van der Waals surface area contributed by atoms with E-state index in [0.29, 0.717) is 16.7 Å². The summed E-state index contributed by atoms with van der Waals surface area (Å²) in [6.07, 6.45) is 8.14. The maximum Gasteiger partial charge on any atom is 0.176 e. The lowest BCUT2D eigenvalue weighted by molar-refractivity contribution is 0.179. The summed E-state index contributed by atoms with van der Waals surface area (Å²) in [6, 6.07) is 16.3. The van der Waals surface area contributed by atoms with E-state index in [1.807, 2.05) is 54.1 Å². The van der Waals surface area contributed by atoms with Crippen molar-refractivity contribution in [1.29, 1.82) is 5.26 Å². The van der Waals surface area contributed by atoms with E-state index in [1.54, 1.807) is 13.4 Å². The van der Waals surface area contributed by atoms with E-state index in [2.05, 4.69) is 40.3 Å². The van der Waals surface area contributed by atoms with Gasteiger partial charge in [-0.05, 0) is 37.6 Å². The number of aryl methyl sites for hydroxylation is 1. The number of rotatable bonds is 5. The number of quaternary nitrogens is 1. The highest BCUT2D eigenvalue weighted by Gasteiger charge is 2.47. The molecular weight excluding hydrogens is 412 g/mol. The van der Waals surface area contributed by atoms with Crippen LogP contribution in [0.1, 0.15) is 29.7 Å². The zero-order valence-electron chi connectivity index (χ0n) is 19.0. The van der Waals surface area contributed by atoms with E-state index in [1.165, 1.54) is 5.70 Å². The molecule has 2 aliphatic heterocycles. The van der Waals surface area contributed by atoms with Crippen molar-refractivity contribution in [1.82, 2.24) is 24.7 Å². The van der Waals surface area contributed by atoms with Crippen molar-refractivity contribution >= 4 is 11.4 Å². The van der Waals surface area contributed by atoms with Crippen LogP contribution in [0.2, 0.25) is 0 Å². The number of hydrogen-bond donors (Lipinski definition) is 1. The molecule has 2 aromatic carbocycles. The lowest BCUT2D eigenvalue weighted by atomic mass is 10.1. The van der Waals surface area contributed by atoms with Crippen LogP contribution < -0.4 is 14.9 Å². The van der Waals surface area contributed by atoms with Gasteiger partial charge in [-0.2, -0.15) is 9.85 Å². The van der Waals surface area contributed by atoms with Crippen molar-refractivity contribution < 1.29 is 4.74 Å². The van der Waals surface area contributed by atoms with Gasteiger partial charge >= 0.3 is 0 Å². The van der Waals surface area contributed by atoms with Crippen LogP contribution in [0.25, 0.3) is 11.4 Å². The van der Waals surface area contributed by atoms with Crippen LogP contribution in [0, 0.1) is 18.3 Å². The van der Waals surface area contributed by atoms with Gasteiger partial charge in [-0.3, -0.25) is 5.01 Å². The summed E-state index contributed by atoms with van der Waals surface area (Å²) in [5, 5.41) is 11.8. The zero-order chi connectivity index (χ0) is 23.0.